The summed E-state index contributed by atoms with van der Waals surface area (Å²) in [6.07, 6.45) is 1.36. The van der Waals surface area contributed by atoms with Crippen molar-refractivity contribution < 1.29 is 4.79 Å². The van der Waals surface area contributed by atoms with Crippen molar-refractivity contribution in [3.63, 3.8) is 0 Å². The van der Waals surface area contributed by atoms with Gasteiger partial charge in [0.05, 0.1) is 16.5 Å². The SMILES string of the molecule is CNC(=O)c1cnc(N)nc1NC(C)c1cc2cccc(Cl)c2c(=O)n1-c1ccccc1. The van der Waals surface area contributed by atoms with Gasteiger partial charge in [0.1, 0.15) is 11.4 Å². The summed E-state index contributed by atoms with van der Waals surface area (Å²) in [6, 6.07) is 16.1. The zero-order chi connectivity index (χ0) is 22.8. The molecule has 2 aromatic heterocycles. The van der Waals surface area contributed by atoms with E-state index in [0.29, 0.717) is 27.2 Å². The lowest BCUT2D eigenvalue weighted by molar-refractivity contribution is 0.0963. The average Bonchev–Trinajstić information content (AvgIpc) is 2.79. The van der Waals surface area contributed by atoms with Gasteiger partial charge in [0.25, 0.3) is 11.5 Å². The number of nitrogen functional groups attached to an aromatic ring is 1. The Hall–Kier alpha value is -3.91. The number of nitrogens with zero attached hydrogens (tertiary/aromatic N) is 3. The Morgan fingerprint density at radius 1 is 1.16 bits per heavy atom. The monoisotopic (exact) mass is 448 g/mol. The van der Waals surface area contributed by atoms with Crippen molar-refractivity contribution in [1.82, 2.24) is 19.9 Å². The average molecular weight is 449 g/mol. The number of carbonyl (C=O) groups is 1. The molecular formula is C23H21ClN6O2. The Morgan fingerprint density at radius 3 is 2.62 bits per heavy atom. The van der Waals surface area contributed by atoms with E-state index in [9.17, 15) is 9.59 Å². The highest BCUT2D eigenvalue weighted by atomic mass is 35.5. The van der Waals surface area contributed by atoms with Crippen molar-refractivity contribution in [2.75, 3.05) is 18.1 Å². The third-order valence-corrected chi connectivity index (χ3v) is 5.43. The Morgan fingerprint density at radius 2 is 1.91 bits per heavy atom. The van der Waals surface area contributed by atoms with E-state index in [4.69, 9.17) is 17.3 Å². The van der Waals surface area contributed by atoms with Gasteiger partial charge in [-0.05, 0) is 36.6 Å². The van der Waals surface area contributed by atoms with Crippen LogP contribution in [0.5, 0.6) is 0 Å². The number of carbonyl (C=O) groups excluding carboxylic acids is 1. The van der Waals surface area contributed by atoms with Crippen LogP contribution in [0.2, 0.25) is 5.02 Å². The Bertz CT molecular complexity index is 1370. The van der Waals surface area contributed by atoms with Gasteiger partial charge in [-0.2, -0.15) is 4.98 Å². The second-order valence-electron chi connectivity index (χ2n) is 7.19. The van der Waals surface area contributed by atoms with E-state index in [1.165, 1.54) is 13.2 Å². The summed E-state index contributed by atoms with van der Waals surface area (Å²) in [6.45, 7) is 1.87. The highest BCUT2D eigenvalue weighted by Crippen LogP contribution is 2.27. The van der Waals surface area contributed by atoms with Gasteiger partial charge in [-0.15, -0.1) is 0 Å². The highest BCUT2D eigenvalue weighted by Gasteiger charge is 2.20. The van der Waals surface area contributed by atoms with Crippen LogP contribution < -0.4 is 21.9 Å². The van der Waals surface area contributed by atoms with Gasteiger partial charge in [0.15, 0.2) is 0 Å². The number of amides is 1. The number of anilines is 2. The summed E-state index contributed by atoms with van der Waals surface area (Å²) in [5, 5.41) is 7.31. The lowest BCUT2D eigenvalue weighted by Crippen LogP contribution is -2.27. The maximum absolute atomic E-state index is 13.5. The number of rotatable bonds is 5. The first-order chi connectivity index (χ1) is 15.4. The van der Waals surface area contributed by atoms with Crippen molar-refractivity contribution in [2.24, 2.45) is 0 Å². The highest BCUT2D eigenvalue weighted by molar-refractivity contribution is 6.35. The van der Waals surface area contributed by atoms with Gasteiger partial charge in [0, 0.05) is 24.6 Å². The minimum absolute atomic E-state index is 0.0260. The third kappa shape index (κ3) is 3.88. The first kappa shape index (κ1) is 21.3. The molecule has 1 atom stereocenters. The first-order valence-corrected chi connectivity index (χ1v) is 10.3. The number of nitrogens with one attached hydrogen (secondary N) is 2. The van der Waals surface area contributed by atoms with E-state index >= 15 is 0 Å². The number of benzene rings is 2. The molecule has 0 aliphatic heterocycles. The Balaban J connectivity index is 1.91. The van der Waals surface area contributed by atoms with Gasteiger partial charge in [-0.1, -0.05) is 41.9 Å². The van der Waals surface area contributed by atoms with Gasteiger partial charge in [-0.25, -0.2) is 4.98 Å². The molecule has 0 saturated carbocycles. The number of nitrogens with two attached hydrogens (primary N) is 1. The molecule has 0 bridgehead atoms. The van der Waals surface area contributed by atoms with E-state index in [1.54, 1.807) is 16.7 Å². The number of fused-ring (bicyclic) bond motifs is 1. The smallest absolute Gasteiger partial charge is 0.264 e. The molecular weight excluding hydrogens is 428 g/mol. The van der Waals surface area contributed by atoms with Crippen molar-refractivity contribution in [3.05, 3.63) is 87.4 Å². The molecule has 4 N–H and O–H groups in total. The normalized spacial score (nSPS) is 11.8. The second kappa shape index (κ2) is 8.68. The van der Waals surface area contributed by atoms with Crippen molar-refractivity contribution in [3.8, 4) is 5.69 Å². The predicted molar refractivity (Wildman–Crippen MR) is 126 cm³/mol. The van der Waals surface area contributed by atoms with E-state index in [0.717, 1.165) is 0 Å². The fourth-order valence-corrected chi connectivity index (χ4v) is 3.85. The second-order valence-corrected chi connectivity index (χ2v) is 7.59. The number of para-hydroxylation sites is 1. The van der Waals surface area contributed by atoms with Crippen LogP contribution in [0.4, 0.5) is 11.8 Å². The molecule has 8 nitrogen and oxygen atoms in total. The first-order valence-electron chi connectivity index (χ1n) is 9.91. The molecule has 0 radical (unpaired) electrons. The predicted octanol–water partition coefficient (Wildman–Crippen LogP) is 3.55. The van der Waals surface area contributed by atoms with E-state index < -0.39 is 6.04 Å². The van der Waals surface area contributed by atoms with Crippen molar-refractivity contribution >= 4 is 40.0 Å². The number of pyridine rings is 1. The topological polar surface area (TPSA) is 115 Å². The number of hydrogen-bond acceptors (Lipinski definition) is 6. The maximum Gasteiger partial charge on any atom is 0.264 e. The zero-order valence-corrected chi connectivity index (χ0v) is 18.2. The molecule has 1 amide bonds. The number of aromatic nitrogens is 3. The molecule has 0 aliphatic rings. The van der Waals surface area contributed by atoms with Crippen molar-refractivity contribution in [1.29, 1.82) is 0 Å². The van der Waals surface area contributed by atoms with Crippen LogP contribution in [0.15, 0.2) is 65.6 Å². The summed E-state index contributed by atoms with van der Waals surface area (Å²) in [5.41, 5.74) is 7.11. The fraction of sp³-hybridized carbons (Fsp3) is 0.130. The van der Waals surface area contributed by atoms with E-state index in [-0.39, 0.29) is 28.8 Å². The molecule has 1 unspecified atom stereocenters. The van der Waals surface area contributed by atoms with Crippen LogP contribution in [0, 0.1) is 0 Å². The lowest BCUT2D eigenvalue weighted by atomic mass is 10.1. The molecule has 2 aromatic carbocycles. The van der Waals surface area contributed by atoms with Crippen LogP contribution in [0.3, 0.4) is 0 Å². The minimum atomic E-state index is -0.427. The lowest BCUT2D eigenvalue weighted by Gasteiger charge is -2.22. The standard InChI is InChI=1S/C23H21ClN6O2/c1-13(28-20-16(21(31)26-2)12-27-23(25)29-20)18-11-14-7-6-10-17(24)19(14)22(32)30(18)15-8-4-3-5-9-15/h3-13H,1-2H3,(H,26,31)(H3,25,27,28,29). The van der Waals surface area contributed by atoms with Crippen LogP contribution >= 0.6 is 11.6 Å². The van der Waals surface area contributed by atoms with Gasteiger partial charge < -0.3 is 16.4 Å². The molecule has 0 spiro atoms. The zero-order valence-electron chi connectivity index (χ0n) is 17.5. The van der Waals surface area contributed by atoms with Crippen molar-refractivity contribution in [2.45, 2.75) is 13.0 Å². The molecule has 4 rings (SSSR count). The molecule has 0 aliphatic carbocycles. The summed E-state index contributed by atoms with van der Waals surface area (Å²) in [7, 11) is 1.52. The van der Waals surface area contributed by atoms with E-state index in [1.807, 2.05) is 49.4 Å². The van der Waals surface area contributed by atoms with Gasteiger partial charge >= 0.3 is 0 Å². The molecule has 0 fully saturated rings. The molecule has 2 heterocycles. The third-order valence-electron chi connectivity index (χ3n) is 5.11. The summed E-state index contributed by atoms with van der Waals surface area (Å²) in [4.78, 5) is 33.9. The van der Waals surface area contributed by atoms with Gasteiger partial charge in [0.2, 0.25) is 5.95 Å². The molecule has 4 aromatic rings. The maximum atomic E-state index is 13.5. The summed E-state index contributed by atoms with van der Waals surface area (Å²) >= 11 is 6.37. The molecule has 9 heteroatoms. The quantitative estimate of drug-likeness (QED) is 0.430. The molecule has 32 heavy (non-hydrogen) atoms. The summed E-state index contributed by atoms with van der Waals surface area (Å²) in [5.74, 6) is -0.0638. The largest absolute Gasteiger partial charge is 0.368 e. The van der Waals surface area contributed by atoms with Gasteiger partial charge in [-0.3, -0.25) is 14.2 Å². The fourth-order valence-electron chi connectivity index (χ4n) is 3.59. The number of hydrogen-bond donors (Lipinski definition) is 3. The Labute approximate surface area is 189 Å². The molecule has 162 valence electrons. The van der Waals surface area contributed by atoms with Crippen LogP contribution in [0.1, 0.15) is 29.0 Å². The molecule has 0 saturated heterocycles. The Kier molecular flexibility index (Phi) is 5.79. The van der Waals surface area contributed by atoms with Crippen LogP contribution in [-0.4, -0.2) is 27.5 Å². The number of halogens is 1. The minimum Gasteiger partial charge on any atom is -0.368 e. The van der Waals surface area contributed by atoms with Crippen LogP contribution in [-0.2, 0) is 0 Å². The van der Waals surface area contributed by atoms with E-state index in [2.05, 4.69) is 20.6 Å². The summed E-state index contributed by atoms with van der Waals surface area (Å²) < 4.78 is 1.61. The van der Waals surface area contributed by atoms with Crippen LogP contribution in [0.25, 0.3) is 16.5 Å².